The van der Waals surface area contributed by atoms with Gasteiger partial charge in [0.25, 0.3) is 0 Å². The van der Waals surface area contributed by atoms with Gasteiger partial charge in [-0.2, -0.15) is 0 Å². The molecule has 26 heavy (non-hydrogen) atoms. The smallest absolute Gasteiger partial charge is 0.338 e. The second-order valence-corrected chi connectivity index (χ2v) is 6.48. The molecule has 136 valence electrons. The van der Waals surface area contributed by atoms with Crippen molar-refractivity contribution in [2.75, 3.05) is 6.61 Å². The molecule has 2 aromatic rings. The molecule has 0 heterocycles. The highest BCUT2D eigenvalue weighted by molar-refractivity contribution is 5.90. The molecule has 0 aromatic heterocycles. The summed E-state index contributed by atoms with van der Waals surface area (Å²) in [6, 6.07) is 17.5. The summed E-state index contributed by atoms with van der Waals surface area (Å²) in [4.78, 5) is 24.7. The highest BCUT2D eigenvalue weighted by atomic mass is 16.6. The Bertz CT molecular complexity index is 729. The fraction of sp³-hybridized carbons (Fsp3) is 0.333. The first-order valence-corrected chi connectivity index (χ1v) is 8.80. The number of hydrogen-bond acceptors (Lipinski definition) is 5. The van der Waals surface area contributed by atoms with Gasteiger partial charge in [-0.3, -0.25) is 0 Å². The van der Waals surface area contributed by atoms with Gasteiger partial charge in [0.15, 0.2) is 0 Å². The monoisotopic (exact) mass is 354 g/mol. The van der Waals surface area contributed by atoms with Crippen LogP contribution in [0.5, 0.6) is 0 Å². The van der Waals surface area contributed by atoms with Crippen molar-refractivity contribution in [3.05, 3.63) is 71.8 Å². The van der Waals surface area contributed by atoms with Crippen molar-refractivity contribution in [1.82, 2.24) is 0 Å². The van der Waals surface area contributed by atoms with Crippen molar-refractivity contribution < 1.29 is 24.2 Å². The van der Waals surface area contributed by atoms with E-state index in [0.29, 0.717) is 24.0 Å². The van der Waals surface area contributed by atoms with Gasteiger partial charge in [-0.05, 0) is 49.4 Å². The molecule has 2 aromatic carbocycles. The first-order chi connectivity index (χ1) is 12.7. The van der Waals surface area contributed by atoms with Gasteiger partial charge in [0.2, 0.25) is 0 Å². The molecule has 1 aliphatic carbocycles. The Morgan fingerprint density at radius 1 is 0.808 bits per heavy atom. The molecule has 0 spiro atoms. The topological polar surface area (TPSA) is 72.8 Å². The number of rotatable bonds is 5. The molecule has 1 fully saturated rings. The molecule has 0 aliphatic heterocycles. The Balaban J connectivity index is 1.70. The predicted molar refractivity (Wildman–Crippen MR) is 95.7 cm³/mol. The van der Waals surface area contributed by atoms with Gasteiger partial charge in [-0.25, -0.2) is 9.59 Å². The molecule has 1 aliphatic rings. The van der Waals surface area contributed by atoms with Crippen molar-refractivity contribution in [3.63, 3.8) is 0 Å². The lowest BCUT2D eigenvalue weighted by Gasteiger charge is -2.34. The van der Waals surface area contributed by atoms with Crippen LogP contribution in [0.2, 0.25) is 0 Å². The number of ether oxygens (including phenoxy) is 2. The highest BCUT2D eigenvalue weighted by Crippen LogP contribution is 2.30. The van der Waals surface area contributed by atoms with E-state index < -0.39 is 24.1 Å². The number of aliphatic hydroxyl groups excluding tert-OH is 1. The minimum Gasteiger partial charge on any atom is -0.455 e. The van der Waals surface area contributed by atoms with E-state index >= 15 is 0 Å². The van der Waals surface area contributed by atoms with Gasteiger partial charge in [-0.15, -0.1) is 0 Å². The Hall–Kier alpha value is -2.66. The summed E-state index contributed by atoms with van der Waals surface area (Å²) >= 11 is 0. The van der Waals surface area contributed by atoms with Gasteiger partial charge >= 0.3 is 11.9 Å². The molecule has 3 rings (SSSR count). The Morgan fingerprint density at radius 2 is 1.31 bits per heavy atom. The largest absolute Gasteiger partial charge is 0.455 e. The van der Waals surface area contributed by atoms with Crippen molar-refractivity contribution in [1.29, 1.82) is 0 Å². The van der Waals surface area contributed by atoms with Crippen LogP contribution >= 0.6 is 0 Å². The Morgan fingerprint density at radius 3 is 1.81 bits per heavy atom. The van der Waals surface area contributed by atoms with Gasteiger partial charge in [0.1, 0.15) is 12.2 Å². The molecular formula is C21H22O5. The molecule has 0 bridgehead atoms. The average molecular weight is 354 g/mol. The number of aliphatic hydroxyl groups is 1. The van der Waals surface area contributed by atoms with Crippen LogP contribution in [0.25, 0.3) is 0 Å². The van der Waals surface area contributed by atoms with Crippen LogP contribution in [-0.4, -0.2) is 35.9 Å². The van der Waals surface area contributed by atoms with Gasteiger partial charge < -0.3 is 14.6 Å². The molecule has 5 heteroatoms. The van der Waals surface area contributed by atoms with Crippen molar-refractivity contribution >= 4 is 11.9 Å². The average Bonchev–Trinajstić information content (AvgIpc) is 2.70. The zero-order valence-corrected chi connectivity index (χ0v) is 14.4. The van der Waals surface area contributed by atoms with Crippen LogP contribution in [0.1, 0.15) is 40.0 Å². The number of benzene rings is 2. The zero-order chi connectivity index (χ0) is 18.4. The van der Waals surface area contributed by atoms with Crippen molar-refractivity contribution in [2.24, 2.45) is 5.92 Å². The van der Waals surface area contributed by atoms with Crippen molar-refractivity contribution in [2.45, 2.75) is 31.5 Å². The lowest BCUT2D eigenvalue weighted by molar-refractivity contribution is -0.0651. The Kier molecular flexibility index (Phi) is 6.02. The van der Waals surface area contributed by atoms with Crippen LogP contribution in [0, 0.1) is 5.92 Å². The van der Waals surface area contributed by atoms with Gasteiger partial charge in [-0.1, -0.05) is 36.4 Å². The summed E-state index contributed by atoms with van der Waals surface area (Å²) < 4.78 is 11.3. The van der Waals surface area contributed by atoms with E-state index in [9.17, 15) is 14.7 Å². The van der Waals surface area contributed by atoms with Crippen molar-refractivity contribution in [3.8, 4) is 0 Å². The molecule has 5 nitrogen and oxygen atoms in total. The summed E-state index contributed by atoms with van der Waals surface area (Å²) in [7, 11) is 0. The summed E-state index contributed by atoms with van der Waals surface area (Å²) in [5.74, 6) is -0.844. The fourth-order valence-corrected chi connectivity index (χ4v) is 3.17. The molecule has 2 unspecified atom stereocenters. The maximum absolute atomic E-state index is 12.4. The number of esters is 2. The second-order valence-electron chi connectivity index (χ2n) is 6.48. The first kappa shape index (κ1) is 18.1. The van der Waals surface area contributed by atoms with E-state index in [1.165, 1.54) is 0 Å². The standard InChI is InChI=1S/C21H22O5/c22-14-15-11-12-18(25-20(23)16-7-3-1-4-8-16)19(13-15)26-21(24)17-9-5-2-6-10-17/h1-10,15,18-19,22H,11-14H2/t15-,18?,19?/m0/s1. The maximum Gasteiger partial charge on any atom is 0.338 e. The molecule has 3 atom stereocenters. The minimum absolute atomic E-state index is 0.0265. The molecule has 0 amide bonds. The third-order valence-electron chi connectivity index (χ3n) is 4.63. The van der Waals surface area contributed by atoms with E-state index in [0.717, 1.165) is 6.42 Å². The first-order valence-electron chi connectivity index (χ1n) is 8.80. The highest BCUT2D eigenvalue weighted by Gasteiger charge is 2.36. The van der Waals surface area contributed by atoms with E-state index in [2.05, 4.69) is 0 Å². The lowest BCUT2D eigenvalue weighted by Crippen LogP contribution is -2.41. The number of hydrogen-bond donors (Lipinski definition) is 1. The summed E-state index contributed by atoms with van der Waals surface area (Å²) in [6.45, 7) is 0.0265. The SMILES string of the molecule is O=C(OC1CC[C@H](CO)CC1OC(=O)c1ccccc1)c1ccccc1. The molecule has 1 saturated carbocycles. The molecule has 0 saturated heterocycles. The summed E-state index contributed by atoms with van der Waals surface area (Å²) in [6.07, 6.45) is 0.667. The molecular weight excluding hydrogens is 332 g/mol. The van der Waals surface area contributed by atoms with E-state index in [1.807, 2.05) is 12.1 Å². The van der Waals surface area contributed by atoms with E-state index in [4.69, 9.17) is 9.47 Å². The second kappa shape index (κ2) is 8.63. The summed E-state index contributed by atoms with van der Waals surface area (Å²) in [5.41, 5.74) is 0.914. The van der Waals surface area contributed by atoms with Crippen LogP contribution in [0.4, 0.5) is 0 Å². The van der Waals surface area contributed by atoms with Crippen LogP contribution < -0.4 is 0 Å². The lowest BCUT2D eigenvalue weighted by atomic mass is 9.85. The predicted octanol–water partition coefficient (Wildman–Crippen LogP) is 3.23. The van der Waals surface area contributed by atoms with Gasteiger partial charge in [0.05, 0.1) is 11.1 Å². The quantitative estimate of drug-likeness (QED) is 0.835. The van der Waals surface area contributed by atoms with Crippen LogP contribution in [-0.2, 0) is 9.47 Å². The molecule has 1 N–H and O–H groups in total. The third kappa shape index (κ3) is 4.49. The normalized spacial score (nSPS) is 22.4. The molecule has 0 radical (unpaired) electrons. The fourth-order valence-electron chi connectivity index (χ4n) is 3.17. The Labute approximate surface area is 152 Å². The maximum atomic E-state index is 12.4. The number of carbonyl (C=O) groups excluding carboxylic acids is 2. The van der Waals surface area contributed by atoms with E-state index in [-0.39, 0.29) is 12.5 Å². The van der Waals surface area contributed by atoms with Crippen LogP contribution in [0.3, 0.4) is 0 Å². The van der Waals surface area contributed by atoms with E-state index in [1.54, 1.807) is 48.5 Å². The van der Waals surface area contributed by atoms with Gasteiger partial charge in [0, 0.05) is 6.61 Å². The minimum atomic E-state index is -0.568. The number of carbonyl (C=O) groups is 2. The summed E-state index contributed by atoms with van der Waals surface area (Å²) in [5, 5.41) is 9.46. The third-order valence-corrected chi connectivity index (χ3v) is 4.63. The van der Waals surface area contributed by atoms with Crippen LogP contribution in [0.15, 0.2) is 60.7 Å². The zero-order valence-electron chi connectivity index (χ0n) is 14.4.